The zero-order valence-corrected chi connectivity index (χ0v) is 13.3. The zero-order chi connectivity index (χ0) is 15.9. The Morgan fingerprint density at radius 2 is 1.64 bits per heavy atom. The van der Waals surface area contributed by atoms with Crippen LogP contribution in [0.2, 0.25) is 0 Å². The highest BCUT2D eigenvalue weighted by Gasteiger charge is 2.14. The highest BCUT2D eigenvalue weighted by atomic mass is 32.2. The van der Waals surface area contributed by atoms with Gasteiger partial charge in [-0.05, 0) is 37.3 Å². The standard InChI is InChI=1S/C17H18N2O2S/c1-12(17(21)19-14-7-4-3-5-8-14)22-16-10-6-9-15(11-16)18-13(2)20/h3-12H,1-2H3,(H,18,20)(H,19,21). The van der Waals surface area contributed by atoms with E-state index < -0.39 is 0 Å². The molecule has 0 fully saturated rings. The van der Waals surface area contributed by atoms with Crippen LogP contribution in [-0.2, 0) is 9.59 Å². The summed E-state index contributed by atoms with van der Waals surface area (Å²) in [5, 5.41) is 5.37. The number of para-hydroxylation sites is 1. The van der Waals surface area contributed by atoms with Gasteiger partial charge in [0, 0.05) is 23.2 Å². The van der Waals surface area contributed by atoms with Gasteiger partial charge in [0.25, 0.3) is 0 Å². The summed E-state index contributed by atoms with van der Waals surface area (Å²) in [7, 11) is 0. The Morgan fingerprint density at radius 1 is 0.955 bits per heavy atom. The average molecular weight is 314 g/mol. The molecular formula is C17H18N2O2S. The first-order valence-corrected chi connectivity index (χ1v) is 7.83. The molecule has 2 amide bonds. The van der Waals surface area contributed by atoms with Crippen LogP contribution in [0, 0.1) is 0 Å². The van der Waals surface area contributed by atoms with Crippen LogP contribution in [0.3, 0.4) is 0 Å². The van der Waals surface area contributed by atoms with Crippen LogP contribution in [0.4, 0.5) is 11.4 Å². The summed E-state index contributed by atoms with van der Waals surface area (Å²) in [6.07, 6.45) is 0. The van der Waals surface area contributed by atoms with Gasteiger partial charge in [0.15, 0.2) is 0 Å². The molecular weight excluding hydrogens is 296 g/mol. The third-order valence-electron chi connectivity index (χ3n) is 2.88. The summed E-state index contributed by atoms with van der Waals surface area (Å²) in [6.45, 7) is 3.32. The van der Waals surface area contributed by atoms with Gasteiger partial charge in [-0.15, -0.1) is 11.8 Å². The predicted molar refractivity (Wildman–Crippen MR) is 91.1 cm³/mol. The van der Waals surface area contributed by atoms with Crippen LogP contribution < -0.4 is 10.6 Å². The molecule has 0 aromatic heterocycles. The number of carbonyl (C=O) groups is 2. The van der Waals surface area contributed by atoms with Gasteiger partial charge in [-0.2, -0.15) is 0 Å². The van der Waals surface area contributed by atoms with Gasteiger partial charge in [0.2, 0.25) is 11.8 Å². The third kappa shape index (κ3) is 4.93. The first-order valence-electron chi connectivity index (χ1n) is 6.95. The fourth-order valence-corrected chi connectivity index (χ4v) is 2.80. The second-order valence-electron chi connectivity index (χ2n) is 4.82. The summed E-state index contributed by atoms with van der Waals surface area (Å²) in [6, 6.07) is 16.8. The normalized spacial score (nSPS) is 11.5. The predicted octanol–water partition coefficient (Wildman–Crippen LogP) is 3.76. The molecule has 0 saturated carbocycles. The lowest BCUT2D eigenvalue weighted by Crippen LogP contribution is -2.22. The number of thioether (sulfide) groups is 1. The summed E-state index contributed by atoms with van der Waals surface area (Å²) in [5.74, 6) is -0.168. The smallest absolute Gasteiger partial charge is 0.237 e. The maximum Gasteiger partial charge on any atom is 0.237 e. The van der Waals surface area contributed by atoms with Crippen molar-refractivity contribution in [3.8, 4) is 0 Å². The lowest BCUT2D eigenvalue weighted by molar-refractivity contribution is -0.115. The van der Waals surface area contributed by atoms with Crippen molar-refractivity contribution >= 4 is 35.0 Å². The molecule has 0 spiro atoms. The van der Waals surface area contributed by atoms with Gasteiger partial charge in [-0.25, -0.2) is 0 Å². The third-order valence-corrected chi connectivity index (χ3v) is 3.97. The van der Waals surface area contributed by atoms with E-state index in [2.05, 4.69) is 10.6 Å². The number of rotatable bonds is 5. The maximum atomic E-state index is 12.2. The van der Waals surface area contributed by atoms with Crippen LogP contribution in [-0.4, -0.2) is 17.1 Å². The Bertz CT molecular complexity index is 659. The molecule has 0 aliphatic heterocycles. The van der Waals surface area contributed by atoms with E-state index in [-0.39, 0.29) is 17.1 Å². The lowest BCUT2D eigenvalue weighted by Gasteiger charge is -2.12. The number of hydrogen-bond acceptors (Lipinski definition) is 3. The highest BCUT2D eigenvalue weighted by Crippen LogP contribution is 2.26. The minimum atomic E-state index is -0.243. The minimum Gasteiger partial charge on any atom is -0.326 e. The second kappa shape index (κ2) is 7.66. The van der Waals surface area contributed by atoms with E-state index in [1.54, 1.807) is 0 Å². The number of nitrogens with one attached hydrogen (secondary N) is 2. The minimum absolute atomic E-state index is 0.0545. The molecule has 0 heterocycles. The SMILES string of the molecule is CC(=O)Nc1cccc(SC(C)C(=O)Nc2ccccc2)c1. The fourth-order valence-electron chi connectivity index (χ4n) is 1.87. The van der Waals surface area contributed by atoms with E-state index in [1.165, 1.54) is 18.7 Å². The van der Waals surface area contributed by atoms with Crippen LogP contribution in [0.1, 0.15) is 13.8 Å². The van der Waals surface area contributed by atoms with Crippen LogP contribution >= 0.6 is 11.8 Å². The maximum absolute atomic E-state index is 12.2. The molecule has 4 nitrogen and oxygen atoms in total. The molecule has 1 unspecified atom stereocenters. The van der Waals surface area contributed by atoms with Gasteiger partial charge in [0.05, 0.1) is 5.25 Å². The first-order chi connectivity index (χ1) is 10.5. The molecule has 0 bridgehead atoms. The fraction of sp³-hybridized carbons (Fsp3) is 0.176. The van der Waals surface area contributed by atoms with Crippen molar-refractivity contribution in [3.63, 3.8) is 0 Å². The molecule has 0 aliphatic carbocycles. The van der Waals surface area contributed by atoms with E-state index in [9.17, 15) is 9.59 Å². The average Bonchev–Trinajstić information content (AvgIpc) is 2.48. The Kier molecular flexibility index (Phi) is 5.61. The summed E-state index contributed by atoms with van der Waals surface area (Å²) in [4.78, 5) is 24.2. The number of amides is 2. The van der Waals surface area contributed by atoms with Crippen molar-refractivity contribution in [2.75, 3.05) is 10.6 Å². The Hall–Kier alpha value is -2.27. The van der Waals surface area contributed by atoms with Crippen LogP contribution in [0.15, 0.2) is 59.5 Å². The van der Waals surface area contributed by atoms with Crippen LogP contribution in [0.25, 0.3) is 0 Å². The van der Waals surface area contributed by atoms with Gasteiger partial charge in [-0.3, -0.25) is 9.59 Å². The Labute approximate surface area is 134 Å². The van der Waals surface area contributed by atoms with Gasteiger partial charge in [0.1, 0.15) is 0 Å². The number of benzene rings is 2. The van der Waals surface area contributed by atoms with Crippen molar-refractivity contribution in [1.29, 1.82) is 0 Å². The van der Waals surface area contributed by atoms with Crippen molar-refractivity contribution < 1.29 is 9.59 Å². The second-order valence-corrected chi connectivity index (χ2v) is 6.24. The quantitative estimate of drug-likeness (QED) is 0.826. The van der Waals surface area contributed by atoms with E-state index in [0.29, 0.717) is 0 Å². The molecule has 0 radical (unpaired) electrons. The first kappa shape index (κ1) is 16.1. The molecule has 0 saturated heterocycles. The van der Waals surface area contributed by atoms with Crippen molar-refractivity contribution in [2.24, 2.45) is 0 Å². The number of hydrogen-bond donors (Lipinski definition) is 2. The van der Waals surface area contributed by atoms with E-state index in [1.807, 2.05) is 61.5 Å². The molecule has 22 heavy (non-hydrogen) atoms. The topological polar surface area (TPSA) is 58.2 Å². The molecule has 0 aliphatic rings. The van der Waals surface area contributed by atoms with E-state index in [0.717, 1.165) is 16.3 Å². The molecule has 2 aromatic rings. The summed E-state index contributed by atoms with van der Waals surface area (Å²) in [5.41, 5.74) is 1.51. The lowest BCUT2D eigenvalue weighted by atomic mass is 10.3. The molecule has 2 N–H and O–H groups in total. The van der Waals surface area contributed by atoms with E-state index in [4.69, 9.17) is 0 Å². The largest absolute Gasteiger partial charge is 0.326 e. The molecule has 1 atom stereocenters. The van der Waals surface area contributed by atoms with E-state index >= 15 is 0 Å². The number of anilines is 2. The summed E-state index contributed by atoms with van der Waals surface area (Å²) < 4.78 is 0. The monoisotopic (exact) mass is 314 g/mol. The van der Waals surface area contributed by atoms with Gasteiger partial charge < -0.3 is 10.6 Å². The summed E-state index contributed by atoms with van der Waals surface area (Å²) >= 11 is 1.45. The van der Waals surface area contributed by atoms with Crippen LogP contribution in [0.5, 0.6) is 0 Å². The molecule has 114 valence electrons. The Morgan fingerprint density at radius 3 is 2.32 bits per heavy atom. The van der Waals surface area contributed by atoms with Crippen molar-refractivity contribution in [3.05, 3.63) is 54.6 Å². The van der Waals surface area contributed by atoms with Crippen molar-refractivity contribution in [2.45, 2.75) is 24.0 Å². The zero-order valence-electron chi connectivity index (χ0n) is 12.5. The van der Waals surface area contributed by atoms with Gasteiger partial charge >= 0.3 is 0 Å². The Balaban J connectivity index is 1.97. The molecule has 5 heteroatoms. The van der Waals surface area contributed by atoms with Gasteiger partial charge in [-0.1, -0.05) is 24.3 Å². The molecule has 2 rings (SSSR count). The highest BCUT2D eigenvalue weighted by molar-refractivity contribution is 8.00. The molecule has 2 aromatic carbocycles. The van der Waals surface area contributed by atoms with Crippen molar-refractivity contribution in [1.82, 2.24) is 0 Å². The number of carbonyl (C=O) groups excluding carboxylic acids is 2.